The van der Waals surface area contributed by atoms with E-state index >= 15 is 0 Å². The Kier molecular flexibility index (Phi) is 4.43. The number of amides is 1. The molecule has 2 aromatic rings. The van der Waals surface area contributed by atoms with Gasteiger partial charge in [0.15, 0.2) is 5.60 Å². The number of nitrogens with one attached hydrogen (secondary N) is 1. The molecule has 2 bridgehead atoms. The number of aliphatic hydroxyl groups is 1. The van der Waals surface area contributed by atoms with Crippen LogP contribution in [-0.2, 0) is 10.4 Å². The summed E-state index contributed by atoms with van der Waals surface area (Å²) in [6.07, 6.45) is 8.61. The van der Waals surface area contributed by atoms with Crippen molar-refractivity contribution in [2.45, 2.75) is 18.4 Å². The summed E-state index contributed by atoms with van der Waals surface area (Å²) in [6.45, 7) is 0. The van der Waals surface area contributed by atoms with E-state index in [0.29, 0.717) is 28.9 Å². The van der Waals surface area contributed by atoms with Crippen LogP contribution in [0.25, 0.3) is 0 Å². The first-order valence-electron chi connectivity index (χ1n) is 9.03. The average Bonchev–Trinajstić information content (AvgIpc) is 3.32. The molecule has 4 nitrogen and oxygen atoms in total. The predicted molar refractivity (Wildman–Crippen MR) is 101 cm³/mol. The van der Waals surface area contributed by atoms with Crippen LogP contribution in [0.15, 0.2) is 77.9 Å². The van der Waals surface area contributed by atoms with E-state index in [-0.39, 0.29) is 0 Å². The van der Waals surface area contributed by atoms with Gasteiger partial charge in [-0.3, -0.25) is 4.79 Å². The lowest BCUT2D eigenvalue weighted by Crippen LogP contribution is -2.43. The van der Waals surface area contributed by atoms with E-state index in [2.05, 4.69) is 22.7 Å². The molecule has 0 aromatic heterocycles. The van der Waals surface area contributed by atoms with E-state index in [4.69, 9.17) is 0 Å². The molecule has 0 saturated heterocycles. The first-order valence-corrected chi connectivity index (χ1v) is 9.03. The fourth-order valence-electron chi connectivity index (χ4n) is 4.05. The predicted octanol–water partition coefficient (Wildman–Crippen LogP) is 3.24. The number of allylic oxidation sites excluding steroid dienone is 2. The van der Waals surface area contributed by atoms with Crippen LogP contribution in [0.3, 0.4) is 0 Å². The van der Waals surface area contributed by atoms with Crippen LogP contribution in [0.5, 0.6) is 0 Å². The van der Waals surface area contributed by atoms with Gasteiger partial charge in [-0.15, -0.1) is 0 Å². The minimum absolute atomic E-state index is 0.367. The second kappa shape index (κ2) is 6.89. The van der Waals surface area contributed by atoms with Gasteiger partial charge in [0.05, 0.1) is 0 Å². The zero-order valence-electron chi connectivity index (χ0n) is 14.5. The third-order valence-electron chi connectivity index (χ3n) is 5.47. The van der Waals surface area contributed by atoms with Gasteiger partial charge in [-0.2, -0.15) is 5.10 Å². The molecule has 2 aliphatic carbocycles. The van der Waals surface area contributed by atoms with Gasteiger partial charge in [0.2, 0.25) is 0 Å². The number of carbonyl (C=O) groups is 1. The number of nitrogens with zero attached hydrogens (tertiary/aromatic N) is 1. The van der Waals surface area contributed by atoms with E-state index in [9.17, 15) is 9.90 Å². The van der Waals surface area contributed by atoms with Gasteiger partial charge in [-0.1, -0.05) is 72.8 Å². The smallest absolute Gasteiger partial charge is 0.281 e. The highest BCUT2D eigenvalue weighted by atomic mass is 16.3. The standard InChI is InChI=1S/C22H22N2O2/c25-21(24-23-15-18-14-16-11-12-17(18)13-16)22(26,19-7-3-1-4-8-19)20-9-5-2-6-10-20/h1-12,15-18,26H,13-14H2,(H,24,25)/b23-15-/t16-,17-,18+/m1/s1. The summed E-state index contributed by atoms with van der Waals surface area (Å²) in [5, 5.41) is 15.5. The zero-order chi connectivity index (χ0) is 18.0. The highest BCUT2D eigenvalue weighted by Gasteiger charge is 2.40. The van der Waals surface area contributed by atoms with Gasteiger partial charge in [0.25, 0.3) is 5.91 Å². The average molecular weight is 346 g/mol. The lowest BCUT2D eigenvalue weighted by molar-refractivity contribution is -0.136. The van der Waals surface area contributed by atoms with Crippen molar-refractivity contribution in [1.82, 2.24) is 5.43 Å². The summed E-state index contributed by atoms with van der Waals surface area (Å²) in [5.74, 6) is 0.997. The highest BCUT2D eigenvalue weighted by Crippen LogP contribution is 2.42. The maximum Gasteiger partial charge on any atom is 0.281 e. The molecular formula is C22H22N2O2. The van der Waals surface area contributed by atoms with Crippen LogP contribution in [0.4, 0.5) is 0 Å². The molecule has 1 saturated carbocycles. The molecule has 0 spiro atoms. The van der Waals surface area contributed by atoms with Crippen LogP contribution in [0, 0.1) is 17.8 Å². The molecule has 1 fully saturated rings. The van der Waals surface area contributed by atoms with Crippen molar-refractivity contribution >= 4 is 12.1 Å². The van der Waals surface area contributed by atoms with Crippen LogP contribution < -0.4 is 5.43 Å². The van der Waals surface area contributed by atoms with Crippen molar-refractivity contribution in [2.75, 3.05) is 0 Å². The first kappa shape index (κ1) is 16.7. The minimum atomic E-state index is -1.78. The van der Waals surface area contributed by atoms with E-state index in [1.807, 2.05) is 18.3 Å². The fourth-order valence-corrected chi connectivity index (χ4v) is 4.05. The van der Waals surface area contributed by atoms with Crippen molar-refractivity contribution in [3.8, 4) is 0 Å². The molecule has 4 heteroatoms. The molecule has 0 aliphatic heterocycles. The van der Waals surface area contributed by atoms with Crippen molar-refractivity contribution in [3.05, 3.63) is 83.9 Å². The van der Waals surface area contributed by atoms with Crippen LogP contribution in [-0.4, -0.2) is 17.2 Å². The SMILES string of the molecule is O=C(N/N=C\[C@@H]1C[C@@H]2C=C[C@@H]1C2)C(O)(c1ccccc1)c1ccccc1. The number of carbonyl (C=O) groups excluding carboxylic acids is 1. The maximum absolute atomic E-state index is 12.9. The lowest BCUT2D eigenvalue weighted by Gasteiger charge is -2.27. The summed E-state index contributed by atoms with van der Waals surface area (Å²) < 4.78 is 0. The molecular weight excluding hydrogens is 324 g/mol. The van der Waals surface area contributed by atoms with E-state index in [0.717, 1.165) is 6.42 Å². The first-order chi connectivity index (χ1) is 12.7. The summed E-state index contributed by atoms with van der Waals surface area (Å²) in [7, 11) is 0. The number of hydrogen-bond donors (Lipinski definition) is 2. The molecule has 1 amide bonds. The normalized spacial score (nSPS) is 24.3. The molecule has 2 aliphatic rings. The van der Waals surface area contributed by atoms with E-state index in [1.54, 1.807) is 48.5 Å². The van der Waals surface area contributed by atoms with Crippen molar-refractivity contribution < 1.29 is 9.90 Å². The van der Waals surface area contributed by atoms with Crippen molar-refractivity contribution in [2.24, 2.45) is 22.9 Å². The van der Waals surface area contributed by atoms with Crippen LogP contribution in [0.1, 0.15) is 24.0 Å². The van der Waals surface area contributed by atoms with Gasteiger partial charge >= 0.3 is 0 Å². The van der Waals surface area contributed by atoms with E-state index < -0.39 is 11.5 Å². The Balaban J connectivity index is 1.56. The Morgan fingerprint density at radius 3 is 2.12 bits per heavy atom. The lowest BCUT2D eigenvalue weighted by atomic mass is 9.85. The number of hydrogen-bond acceptors (Lipinski definition) is 3. The quantitative estimate of drug-likeness (QED) is 0.496. The summed E-state index contributed by atoms with van der Waals surface area (Å²) in [5.41, 5.74) is 1.81. The maximum atomic E-state index is 12.9. The Bertz CT molecular complexity index is 790. The molecule has 2 N–H and O–H groups in total. The number of rotatable bonds is 5. The van der Waals surface area contributed by atoms with E-state index in [1.165, 1.54) is 6.42 Å². The Labute approximate surface area is 153 Å². The largest absolute Gasteiger partial charge is 0.372 e. The van der Waals surface area contributed by atoms with Gasteiger partial charge in [-0.05, 0) is 35.8 Å². The number of fused-ring (bicyclic) bond motifs is 2. The molecule has 26 heavy (non-hydrogen) atoms. The summed E-state index contributed by atoms with van der Waals surface area (Å²) >= 11 is 0. The third-order valence-corrected chi connectivity index (χ3v) is 5.47. The van der Waals surface area contributed by atoms with Crippen LogP contribution in [0.2, 0.25) is 0 Å². The Morgan fingerprint density at radius 1 is 1.00 bits per heavy atom. The fraction of sp³-hybridized carbons (Fsp3) is 0.273. The van der Waals surface area contributed by atoms with Crippen molar-refractivity contribution in [3.63, 3.8) is 0 Å². The third kappa shape index (κ3) is 2.97. The minimum Gasteiger partial charge on any atom is -0.372 e. The molecule has 3 atom stereocenters. The monoisotopic (exact) mass is 346 g/mol. The summed E-state index contributed by atoms with van der Waals surface area (Å²) in [6, 6.07) is 17.9. The highest BCUT2D eigenvalue weighted by molar-refractivity contribution is 5.90. The van der Waals surface area contributed by atoms with Crippen molar-refractivity contribution in [1.29, 1.82) is 0 Å². The molecule has 0 heterocycles. The van der Waals surface area contributed by atoms with Gasteiger partial charge in [0, 0.05) is 12.1 Å². The second-order valence-electron chi connectivity index (χ2n) is 7.11. The van der Waals surface area contributed by atoms with Crippen LogP contribution >= 0.6 is 0 Å². The zero-order valence-corrected chi connectivity index (χ0v) is 14.5. The molecule has 2 aromatic carbocycles. The topological polar surface area (TPSA) is 61.7 Å². The number of hydrazone groups is 1. The van der Waals surface area contributed by atoms with Gasteiger partial charge < -0.3 is 5.11 Å². The molecule has 4 rings (SSSR count). The molecule has 0 radical (unpaired) electrons. The second-order valence-corrected chi connectivity index (χ2v) is 7.11. The van der Waals surface area contributed by atoms with Gasteiger partial charge in [0.1, 0.15) is 0 Å². The Hall–Kier alpha value is -2.72. The summed E-state index contributed by atoms with van der Waals surface area (Å²) in [4.78, 5) is 12.9. The number of benzene rings is 2. The molecule has 132 valence electrons. The Morgan fingerprint density at radius 2 is 1.62 bits per heavy atom. The van der Waals surface area contributed by atoms with Gasteiger partial charge in [-0.25, -0.2) is 5.43 Å². The molecule has 0 unspecified atom stereocenters.